The number of hydrogen-bond acceptors (Lipinski definition) is 17. The molecular weight excluding hydrogens is 1460 g/mol. The Morgan fingerprint density at radius 1 is 0.442 bits per heavy atom. The number of ether oxygens (including phenoxy) is 6. The first-order valence-electron chi connectivity index (χ1n) is 38.1. The van der Waals surface area contributed by atoms with Crippen LogP contribution in [0.5, 0.6) is 45.4 Å². The number of thiophene rings is 1. The smallest absolute Gasteiger partial charge is 0.336 e. The molecule has 6 aromatic heterocycles. The highest BCUT2D eigenvalue weighted by molar-refractivity contribution is 7.99. The van der Waals surface area contributed by atoms with E-state index in [0.29, 0.717) is 110 Å². The monoisotopic (exact) mass is 1550 g/mol. The van der Waals surface area contributed by atoms with Gasteiger partial charge in [-0.15, -0.1) is 11.3 Å². The minimum atomic E-state index is -0.915. The van der Waals surface area contributed by atoms with Crippen LogP contribution in [0.4, 0.5) is 0 Å². The summed E-state index contributed by atoms with van der Waals surface area (Å²) in [6.45, 7) is 11.0. The Balaban J connectivity index is 0.000000132. The number of carboxylic acids is 4. The second kappa shape index (κ2) is 37.9. The van der Waals surface area contributed by atoms with Gasteiger partial charge in [0.2, 0.25) is 5.88 Å². The third-order valence-electron chi connectivity index (χ3n) is 20.9. The van der Waals surface area contributed by atoms with Gasteiger partial charge in [-0.2, -0.15) is 0 Å². The van der Waals surface area contributed by atoms with Gasteiger partial charge in [0.1, 0.15) is 34.5 Å². The van der Waals surface area contributed by atoms with E-state index in [-0.39, 0.29) is 0 Å². The van der Waals surface area contributed by atoms with Gasteiger partial charge in [-0.25, -0.2) is 24.2 Å². The van der Waals surface area contributed by atoms with Gasteiger partial charge in [0, 0.05) is 88.1 Å². The van der Waals surface area contributed by atoms with Crippen LogP contribution < -0.4 is 28.4 Å². The standard InChI is InChI=1S/C24H25NO3.C23H22N2O4.C23H21NO3S.C22H21NO4S/c1-15-11-16(2)22(12-15)18-5-6-20-17(8-10-28-23(20)13-18)3-4-19-14-25-9-7-21(19)24(26)27;1-15-3-2-4-22(25-15)29-18-7-8-19-16(10-12-28-21(19)13-18)5-6-17-14-24-11-9-20(17)23(26)27;25-23(26)21-10-12-24-15-17(21)7-6-16-11-13-27-22-14-19(8-9-20(16)22)28-18-4-2-1-3-5-18;1-14-2-7-21(28-14)27-17-5-6-18-15(9-11-26-20(18)12-17)3-4-16-13-23-10-8-19(16)22(24)25/h5-7,9,12-14,17H,3-4,8,10-11H2,1-2H3,(H,26,27);2-4,7-9,11,13-14,16H,5-6,10,12H2,1H3,(H,26,27);1-5,8-10,12,14-16H,6-7,11,13H2,(H,25,26);2,5-8,10,12-13,15H,3-4,9,11H2,1H3,(H,24,25). The molecule has 10 heterocycles. The minimum absolute atomic E-state index is 0.298. The molecular formula is C92H89N5O14S2. The molecule has 19 nitrogen and oxygen atoms in total. The van der Waals surface area contributed by atoms with Crippen molar-refractivity contribution in [3.8, 4) is 45.4 Å². The lowest BCUT2D eigenvalue weighted by Gasteiger charge is -2.27. The number of fused-ring (bicyclic) bond motifs is 4. The third kappa shape index (κ3) is 20.8. The highest BCUT2D eigenvalue weighted by Crippen LogP contribution is 2.45. The van der Waals surface area contributed by atoms with Gasteiger partial charge in [-0.1, -0.05) is 83.6 Å². The molecule has 0 spiro atoms. The number of carbonyl (C=O) groups is 4. The second-order valence-corrected chi connectivity index (χ2v) is 31.1. The van der Waals surface area contributed by atoms with E-state index < -0.39 is 23.9 Å². The van der Waals surface area contributed by atoms with E-state index >= 15 is 0 Å². The van der Waals surface area contributed by atoms with Crippen molar-refractivity contribution in [1.29, 1.82) is 0 Å². The average Bonchev–Trinajstić information content (AvgIpc) is 1.76. The van der Waals surface area contributed by atoms with Gasteiger partial charge in [0.15, 0.2) is 5.06 Å². The van der Waals surface area contributed by atoms with Crippen LogP contribution in [0.3, 0.4) is 0 Å². The summed E-state index contributed by atoms with van der Waals surface area (Å²) in [6.07, 6.45) is 26.0. The van der Waals surface area contributed by atoms with Crippen LogP contribution in [0.15, 0.2) is 234 Å². The number of aryl methyl sites for hydroxylation is 6. The largest absolute Gasteiger partial charge is 0.493 e. The van der Waals surface area contributed by atoms with Gasteiger partial charge in [0.05, 0.1) is 48.7 Å². The van der Waals surface area contributed by atoms with Gasteiger partial charge < -0.3 is 48.8 Å². The van der Waals surface area contributed by atoms with E-state index in [2.05, 4.69) is 106 Å². The number of allylic oxidation sites excluding steroid dienone is 4. The number of aromatic carboxylic acids is 4. The molecule has 0 fully saturated rings. The fourth-order valence-electron chi connectivity index (χ4n) is 15.2. The Labute approximate surface area is 665 Å². The molecule has 0 saturated heterocycles. The molecule has 5 aromatic carbocycles. The first-order chi connectivity index (χ1) is 54.9. The summed E-state index contributed by atoms with van der Waals surface area (Å²) >= 11 is 3.34. The van der Waals surface area contributed by atoms with Crippen molar-refractivity contribution in [2.75, 3.05) is 26.4 Å². The Morgan fingerprint density at radius 3 is 1.28 bits per heavy atom. The molecule has 11 aromatic rings. The fourth-order valence-corrected chi connectivity index (χ4v) is 16.8. The molecule has 113 heavy (non-hydrogen) atoms. The molecule has 4 N–H and O–H groups in total. The number of pyridine rings is 5. The van der Waals surface area contributed by atoms with Gasteiger partial charge >= 0.3 is 23.9 Å². The first-order valence-corrected chi connectivity index (χ1v) is 39.7. The molecule has 578 valence electrons. The van der Waals surface area contributed by atoms with Crippen LogP contribution in [0.1, 0.15) is 197 Å². The molecule has 0 radical (unpaired) electrons. The van der Waals surface area contributed by atoms with Gasteiger partial charge in [0.25, 0.3) is 0 Å². The maximum absolute atomic E-state index is 11.4. The number of nitrogens with zero attached hydrogens (tertiary/aromatic N) is 5. The van der Waals surface area contributed by atoms with Gasteiger partial charge in [-0.3, -0.25) is 19.9 Å². The molecule has 0 amide bonds. The Bertz CT molecular complexity index is 5300. The van der Waals surface area contributed by atoms with Crippen molar-refractivity contribution in [3.05, 3.63) is 307 Å². The van der Waals surface area contributed by atoms with E-state index in [1.807, 2.05) is 85.8 Å². The Kier molecular flexibility index (Phi) is 26.5. The maximum atomic E-state index is 11.4. The third-order valence-corrected chi connectivity index (χ3v) is 22.8. The average molecular weight is 1550 g/mol. The van der Waals surface area contributed by atoms with Crippen LogP contribution in [0.2, 0.25) is 0 Å². The van der Waals surface area contributed by atoms with Crippen molar-refractivity contribution in [3.63, 3.8) is 0 Å². The SMILES string of the molecule is CC1=CC(c2ccc3c(c2)OCCC3CCc2cnccc2C(=O)O)=C(C)C1.Cc1ccc(Oc2ccc3c(c2)OCCC3CCc2cnccc2C(=O)O)s1.Cc1cccc(Oc2ccc3c(c2)OCCC3CCc2cnccc2C(=O)O)n1.O=C(O)c1ccncc1CCC1CCOc2cc(Sc3ccccc3)ccc21. The summed E-state index contributed by atoms with van der Waals surface area (Å²) in [5.74, 6) is 3.33. The molecule has 4 unspecified atom stereocenters. The lowest BCUT2D eigenvalue weighted by molar-refractivity contribution is 0.0684. The van der Waals surface area contributed by atoms with E-state index in [0.717, 1.165) is 136 Å². The zero-order valence-corrected chi connectivity index (χ0v) is 65.1. The topological polar surface area (TPSA) is 269 Å². The summed E-state index contributed by atoms with van der Waals surface area (Å²) in [5.41, 5.74) is 15.4. The van der Waals surface area contributed by atoms with Crippen molar-refractivity contribution >= 4 is 52.5 Å². The Morgan fingerprint density at radius 2 is 0.867 bits per heavy atom. The molecule has 0 saturated carbocycles. The van der Waals surface area contributed by atoms with E-state index in [1.54, 1.807) is 72.2 Å². The molecule has 4 atom stereocenters. The Hall–Kier alpha value is -11.9. The van der Waals surface area contributed by atoms with Crippen LogP contribution >= 0.6 is 23.1 Å². The predicted molar refractivity (Wildman–Crippen MR) is 435 cm³/mol. The quantitative estimate of drug-likeness (QED) is 0.0463. The maximum Gasteiger partial charge on any atom is 0.336 e. The fraction of sp³-hybridized carbons (Fsp3) is 0.272. The number of carboxylic acid groups (broad SMARTS) is 4. The summed E-state index contributed by atoms with van der Waals surface area (Å²) in [4.78, 5) is 70.0. The summed E-state index contributed by atoms with van der Waals surface area (Å²) in [7, 11) is 0. The summed E-state index contributed by atoms with van der Waals surface area (Å²) in [5, 5.41) is 38.3. The molecule has 21 heteroatoms. The zero-order chi connectivity index (χ0) is 78.7. The number of rotatable bonds is 23. The van der Waals surface area contributed by atoms with Crippen LogP contribution in [-0.4, -0.2) is 95.7 Å². The first kappa shape index (κ1) is 79.2. The lowest BCUT2D eigenvalue weighted by Crippen LogP contribution is -2.15. The molecule has 16 rings (SSSR count). The van der Waals surface area contributed by atoms with E-state index in [1.165, 1.54) is 68.0 Å². The molecule has 4 aliphatic heterocycles. The molecule has 5 aliphatic rings. The van der Waals surface area contributed by atoms with Crippen molar-refractivity contribution in [1.82, 2.24) is 24.9 Å². The lowest BCUT2D eigenvalue weighted by atomic mass is 9.86. The van der Waals surface area contributed by atoms with Gasteiger partial charge in [-0.05, 0) is 275 Å². The summed E-state index contributed by atoms with van der Waals surface area (Å²) < 4.78 is 35.4. The zero-order valence-electron chi connectivity index (χ0n) is 63.5. The van der Waals surface area contributed by atoms with E-state index in [4.69, 9.17) is 28.4 Å². The van der Waals surface area contributed by atoms with Crippen LogP contribution in [-0.2, 0) is 25.7 Å². The van der Waals surface area contributed by atoms with Crippen molar-refractivity contribution < 1.29 is 68.0 Å². The van der Waals surface area contributed by atoms with Crippen molar-refractivity contribution in [2.24, 2.45) is 0 Å². The highest BCUT2D eigenvalue weighted by Gasteiger charge is 2.29. The number of aromatic nitrogens is 5. The van der Waals surface area contributed by atoms with E-state index in [9.17, 15) is 39.6 Å². The van der Waals surface area contributed by atoms with Crippen molar-refractivity contribution in [2.45, 2.75) is 145 Å². The van der Waals surface area contributed by atoms with Crippen LogP contribution in [0.25, 0.3) is 5.57 Å². The normalized spacial score (nSPS) is 16.2. The number of benzene rings is 5. The van der Waals surface area contributed by atoms with Crippen LogP contribution in [0, 0.1) is 13.8 Å². The minimum Gasteiger partial charge on any atom is -0.493 e. The summed E-state index contributed by atoms with van der Waals surface area (Å²) in [6, 6.07) is 51.0. The molecule has 1 aliphatic carbocycles. The number of hydrogen-bond donors (Lipinski definition) is 4. The second-order valence-electron chi connectivity index (χ2n) is 28.7. The predicted octanol–water partition coefficient (Wildman–Crippen LogP) is 21.0. The molecule has 0 bridgehead atoms. The highest BCUT2D eigenvalue weighted by atomic mass is 32.2.